The second-order valence-corrected chi connectivity index (χ2v) is 6.32. The van der Waals surface area contributed by atoms with Crippen molar-refractivity contribution >= 4 is 33.3 Å². The van der Waals surface area contributed by atoms with Gasteiger partial charge in [-0.15, -0.1) is 11.3 Å². The molecule has 2 aromatic carbocycles. The zero-order chi connectivity index (χ0) is 17.5. The molecule has 1 amide bonds. The minimum Gasteiger partial charge on any atom is -0.492 e. The zero-order valence-corrected chi connectivity index (χ0v) is 14.3. The fourth-order valence-corrected chi connectivity index (χ4v) is 3.17. The van der Waals surface area contributed by atoms with Crippen LogP contribution in [0.5, 0.6) is 5.75 Å². The molecule has 0 aliphatic heterocycles. The molecule has 0 saturated heterocycles. The second kappa shape index (κ2) is 8.30. The van der Waals surface area contributed by atoms with Crippen molar-refractivity contribution in [3.05, 3.63) is 65.5 Å². The normalized spacial score (nSPS) is 10.4. The number of rotatable bonds is 7. The SMILES string of the molecule is O=C(COC(=O)c1cc2ccccc2s1)NCCOc1ccccc1. The largest absolute Gasteiger partial charge is 0.492 e. The number of ether oxygens (including phenoxy) is 2. The smallest absolute Gasteiger partial charge is 0.348 e. The summed E-state index contributed by atoms with van der Waals surface area (Å²) in [4.78, 5) is 24.2. The Labute approximate surface area is 149 Å². The van der Waals surface area contributed by atoms with Crippen molar-refractivity contribution in [3.63, 3.8) is 0 Å². The Morgan fingerprint density at radius 2 is 1.76 bits per heavy atom. The number of carbonyl (C=O) groups is 2. The van der Waals surface area contributed by atoms with Crippen molar-refractivity contribution in [1.29, 1.82) is 0 Å². The molecule has 0 bridgehead atoms. The summed E-state index contributed by atoms with van der Waals surface area (Å²) in [5.74, 6) is -0.101. The molecule has 5 nitrogen and oxygen atoms in total. The highest BCUT2D eigenvalue weighted by Crippen LogP contribution is 2.25. The van der Waals surface area contributed by atoms with Gasteiger partial charge in [-0.2, -0.15) is 0 Å². The Hall–Kier alpha value is -2.86. The summed E-state index contributed by atoms with van der Waals surface area (Å²) in [6.07, 6.45) is 0. The van der Waals surface area contributed by atoms with E-state index in [2.05, 4.69) is 5.32 Å². The topological polar surface area (TPSA) is 64.6 Å². The van der Waals surface area contributed by atoms with E-state index in [0.29, 0.717) is 18.0 Å². The van der Waals surface area contributed by atoms with Crippen molar-refractivity contribution in [3.8, 4) is 5.75 Å². The van der Waals surface area contributed by atoms with Gasteiger partial charge >= 0.3 is 5.97 Å². The summed E-state index contributed by atoms with van der Waals surface area (Å²) < 4.78 is 11.5. The average Bonchev–Trinajstić information content (AvgIpc) is 3.08. The monoisotopic (exact) mass is 355 g/mol. The fraction of sp³-hybridized carbons (Fsp3) is 0.158. The van der Waals surface area contributed by atoms with Crippen LogP contribution < -0.4 is 10.1 Å². The van der Waals surface area contributed by atoms with Crippen LogP contribution in [0.1, 0.15) is 9.67 Å². The Bertz CT molecular complexity index is 827. The molecule has 6 heteroatoms. The van der Waals surface area contributed by atoms with E-state index >= 15 is 0 Å². The van der Waals surface area contributed by atoms with Crippen LogP contribution in [0.3, 0.4) is 0 Å². The molecular weight excluding hydrogens is 338 g/mol. The van der Waals surface area contributed by atoms with Gasteiger partial charge in [-0.3, -0.25) is 4.79 Å². The highest BCUT2D eigenvalue weighted by atomic mass is 32.1. The van der Waals surface area contributed by atoms with Crippen LogP contribution in [0.4, 0.5) is 0 Å². The van der Waals surface area contributed by atoms with E-state index in [0.717, 1.165) is 15.8 Å². The van der Waals surface area contributed by atoms with Gasteiger partial charge in [-0.05, 0) is 29.7 Å². The number of thiophene rings is 1. The molecule has 0 unspecified atom stereocenters. The van der Waals surface area contributed by atoms with Crippen molar-refractivity contribution in [2.24, 2.45) is 0 Å². The Morgan fingerprint density at radius 1 is 1.00 bits per heavy atom. The van der Waals surface area contributed by atoms with Crippen LogP contribution >= 0.6 is 11.3 Å². The molecule has 0 radical (unpaired) electrons. The van der Waals surface area contributed by atoms with E-state index in [-0.39, 0.29) is 12.5 Å². The summed E-state index contributed by atoms with van der Waals surface area (Å²) in [6.45, 7) is 0.382. The zero-order valence-electron chi connectivity index (χ0n) is 13.4. The lowest BCUT2D eigenvalue weighted by atomic mass is 10.2. The van der Waals surface area contributed by atoms with Gasteiger partial charge in [0, 0.05) is 4.70 Å². The lowest BCUT2D eigenvalue weighted by Gasteiger charge is -2.07. The summed E-state index contributed by atoms with van der Waals surface area (Å²) in [6, 6.07) is 18.8. The molecule has 0 atom stereocenters. The number of nitrogens with one attached hydrogen (secondary N) is 1. The summed E-state index contributed by atoms with van der Waals surface area (Å²) in [5, 5.41) is 3.64. The van der Waals surface area contributed by atoms with Crippen LogP contribution in [-0.4, -0.2) is 31.6 Å². The Balaban J connectivity index is 1.39. The Kier molecular flexibility index (Phi) is 5.64. The number of para-hydroxylation sites is 1. The highest BCUT2D eigenvalue weighted by Gasteiger charge is 2.13. The van der Waals surface area contributed by atoms with E-state index in [1.807, 2.05) is 54.6 Å². The van der Waals surface area contributed by atoms with Gasteiger partial charge in [0.25, 0.3) is 5.91 Å². The lowest BCUT2D eigenvalue weighted by Crippen LogP contribution is -2.32. The molecule has 0 spiro atoms. The molecule has 1 aromatic heterocycles. The lowest BCUT2D eigenvalue weighted by molar-refractivity contribution is -0.124. The highest BCUT2D eigenvalue weighted by molar-refractivity contribution is 7.20. The van der Waals surface area contributed by atoms with Crippen LogP contribution in [0.15, 0.2) is 60.7 Å². The molecule has 3 rings (SSSR count). The van der Waals surface area contributed by atoms with Crippen LogP contribution in [0.2, 0.25) is 0 Å². The maximum absolute atomic E-state index is 12.0. The summed E-state index contributed by atoms with van der Waals surface area (Å²) in [5.41, 5.74) is 0. The van der Waals surface area contributed by atoms with E-state index in [1.165, 1.54) is 11.3 Å². The maximum atomic E-state index is 12.0. The molecule has 0 fully saturated rings. The number of hydrogen-bond acceptors (Lipinski definition) is 5. The molecule has 0 aliphatic rings. The average molecular weight is 355 g/mol. The minimum atomic E-state index is -0.489. The predicted molar refractivity (Wildman–Crippen MR) is 97.1 cm³/mol. The third kappa shape index (κ3) is 4.81. The van der Waals surface area contributed by atoms with Gasteiger partial charge in [0.05, 0.1) is 6.54 Å². The van der Waals surface area contributed by atoms with Gasteiger partial charge in [0.1, 0.15) is 17.2 Å². The van der Waals surface area contributed by atoms with Gasteiger partial charge in [0.15, 0.2) is 6.61 Å². The summed E-state index contributed by atoms with van der Waals surface area (Å²) in [7, 11) is 0. The Morgan fingerprint density at radius 3 is 2.56 bits per heavy atom. The van der Waals surface area contributed by atoms with Crippen LogP contribution in [0, 0.1) is 0 Å². The van der Waals surface area contributed by atoms with Crippen molar-refractivity contribution in [2.75, 3.05) is 19.8 Å². The van der Waals surface area contributed by atoms with Gasteiger partial charge < -0.3 is 14.8 Å². The predicted octanol–water partition coefficient (Wildman–Crippen LogP) is 3.25. The molecule has 128 valence electrons. The molecule has 1 heterocycles. The van der Waals surface area contributed by atoms with Crippen molar-refractivity contribution < 1.29 is 19.1 Å². The number of benzene rings is 2. The molecule has 0 aliphatic carbocycles. The number of carbonyl (C=O) groups excluding carboxylic acids is 2. The number of amides is 1. The standard InChI is InChI=1S/C19H17NO4S/c21-18(20-10-11-23-15-7-2-1-3-8-15)13-24-19(22)17-12-14-6-4-5-9-16(14)25-17/h1-9,12H,10-11,13H2,(H,20,21). The molecule has 25 heavy (non-hydrogen) atoms. The van der Waals surface area contributed by atoms with E-state index < -0.39 is 5.97 Å². The first-order valence-electron chi connectivity index (χ1n) is 7.82. The van der Waals surface area contributed by atoms with Gasteiger partial charge in [-0.1, -0.05) is 36.4 Å². The van der Waals surface area contributed by atoms with Crippen LogP contribution in [-0.2, 0) is 9.53 Å². The number of fused-ring (bicyclic) bond motifs is 1. The number of esters is 1. The first-order chi connectivity index (χ1) is 12.2. The second-order valence-electron chi connectivity index (χ2n) is 5.24. The van der Waals surface area contributed by atoms with Crippen molar-refractivity contribution in [1.82, 2.24) is 5.32 Å². The minimum absolute atomic E-state index is 0.307. The van der Waals surface area contributed by atoms with Gasteiger partial charge in [0.2, 0.25) is 0 Å². The maximum Gasteiger partial charge on any atom is 0.348 e. The first kappa shape index (κ1) is 17.0. The fourth-order valence-electron chi connectivity index (χ4n) is 2.21. The molecule has 0 saturated carbocycles. The molecule has 3 aromatic rings. The summed E-state index contributed by atoms with van der Waals surface area (Å²) >= 11 is 1.35. The third-order valence-corrected chi connectivity index (χ3v) is 4.49. The molecule has 1 N–H and O–H groups in total. The van der Waals surface area contributed by atoms with Crippen molar-refractivity contribution in [2.45, 2.75) is 0 Å². The van der Waals surface area contributed by atoms with E-state index in [4.69, 9.17) is 9.47 Å². The van der Waals surface area contributed by atoms with E-state index in [1.54, 1.807) is 6.07 Å². The molecular formula is C19H17NO4S. The van der Waals surface area contributed by atoms with E-state index in [9.17, 15) is 9.59 Å². The van der Waals surface area contributed by atoms with Gasteiger partial charge in [-0.25, -0.2) is 4.79 Å². The third-order valence-electron chi connectivity index (χ3n) is 3.40. The van der Waals surface area contributed by atoms with Crippen LogP contribution in [0.25, 0.3) is 10.1 Å². The first-order valence-corrected chi connectivity index (χ1v) is 8.64. The number of hydrogen-bond donors (Lipinski definition) is 1. The quantitative estimate of drug-likeness (QED) is 0.522.